The van der Waals surface area contributed by atoms with E-state index in [1.165, 1.54) is 6.07 Å². The molecular formula is C14H15FO3. The van der Waals surface area contributed by atoms with Crippen LogP contribution in [-0.4, -0.2) is 19.0 Å². The fourth-order valence-corrected chi connectivity index (χ4v) is 1.77. The van der Waals surface area contributed by atoms with Gasteiger partial charge in [0, 0.05) is 25.0 Å². The SMILES string of the molecule is CCOCCCC(=O)c1cc2cccc(F)c2o1. The lowest BCUT2D eigenvalue weighted by Gasteiger charge is -1.98. The molecule has 1 heterocycles. The summed E-state index contributed by atoms with van der Waals surface area (Å²) in [4.78, 5) is 11.8. The van der Waals surface area contributed by atoms with Gasteiger partial charge in [-0.2, -0.15) is 0 Å². The minimum Gasteiger partial charge on any atom is -0.450 e. The summed E-state index contributed by atoms with van der Waals surface area (Å²) in [6.07, 6.45) is 0.994. The molecule has 18 heavy (non-hydrogen) atoms. The summed E-state index contributed by atoms with van der Waals surface area (Å²) in [7, 11) is 0. The van der Waals surface area contributed by atoms with Crippen molar-refractivity contribution in [1.82, 2.24) is 0 Å². The Hall–Kier alpha value is -1.68. The molecular weight excluding hydrogens is 235 g/mol. The summed E-state index contributed by atoms with van der Waals surface area (Å²) in [5.41, 5.74) is 0.144. The maximum absolute atomic E-state index is 13.4. The summed E-state index contributed by atoms with van der Waals surface area (Å²) < 4.78 is 23.8. The molecule has 1 aromatic carbocycles. The van der Waals surface area contributed by atoms with Crippen LogP contribution in [0.25, 0.3) is 11.0 Å². The number of ketones is 1. The molecule has 0 fully saturated rings. The Kier molecular flexibility index (Phi) is 4.10. The highest BCUT2D eigenvalue weighted by molar-refractivity contribution is 5.97. The highest BCUT2D eigenvalue weighted by Gasteiger charge is 2.13. The van der Waals surface area contributed by atoms with Gasteiger partial charge in [-0.1, -0.05) is 12.1 Å². The molecule has 0 aliphatic carbocycles. The van der Waals surface area contributed by atoms with Crippen molar-refractivity contribution >= 4 is 16.8 Å². The number of rotatable bonds is 6. The van der Waals surface area contributed by atoms with Crippen LogP contribution < -0.4 is 0 Å². The lowest BCUT2D eigenvalue weighted by molar-refractivity contribution is 0.0923. The van der Waals surface area contributed by atoms with Gasteiger partial charge in [-0.25, -0.2) is 4.39 Å². The van der Waals surface area contributed by atoms with E-state index in [1.54, 1.807) is 18.2 Å². The first-order valence-corrected chi connectivity index (χ1v) is 6.01. The molecule has 0 aliphatic rings. The Bertz CT molecular complexity index is 545. The quantitative estimate of drug-likeness (QED) is 0.581. The summed E-state index contributed by atoms with van der Waals surface area (Å²) in [5, 5.41) is 0.614. The molecule has 1 aromatic heterocycles. The van der Waals surface area contributed by atoms with E-state index < -0.39 is 5.82 Å². The van der Waals surface area contributed by atoms with Crippen molar-refractivity contribution in [2.24, 2.45) is 0 Å². The van der Waals surface area contributed by atoms with E-state index in [9.17, 15) is 9.18 Å². The predicted octanol–water partition coefficient (Wildman–Crippen LogP) is 3.57. The third-order valence-electron chi connectivity index (χ3n) is 2.67. The Balaban J connectivity index is 2.06. The number of benzene rings is 1. The average molecular weight is 250 g/mol. The third-order valence-corrected chi connectivity index (χ3v) is 2.67. The van der Waals surface area contributed by atoms with Crippen molar-refractivity contribution in [2.45, 2.75) is 19.8 Å². The van der Waals surface area contributed by atoms with Crippen LogP contribution in [0.15, 0.2) is 28.7 Å². The Morgan fingerprint density at radius 2 is 2.28 bits per heavy atom. The van der Waals surface area contributed by atoms with E-state index in [0.29, 0.717) is 31.4 Å². The van der Waals surface area contributed by atoms with E-state index in [2.05, 4.69) is 0 Å². The molecule has 0 amide bonds. The summed E-state index contributed by atoms with van der Waals surface area (Å²) in [6, 6.07) is 6.21. The number of carbonyl (C=O) groups excluding carboxylic acids is 1. The maximum atomic E-state index is 13.4. The molecule has 2 rings (SSSR count). The van der Waals surface area contributed by atoms with E-state index in [0.717, 1.165) is 0 Å². The Morgan fingerprint density at radius 1 is 1.44 bits per heavy atom. The summed E-state index contributed by atoms with van der Waals surface area (Å²) in [5.74, 6) is -0.349. The highest BCUT2D eigenvalue weighted by Crippen LogP contribution is 2.23. The second kappa shape index (κ2) is 5.78. The topological polar surface area (TPSA) is 39.4 Å². The van der Waals surface area contributed by atoms with Crippen molar-refractivity contribution in [1.29, 1.82) is 0 Å². The van der Waals surface area contributed by atoms with Crippen LogP contribution >= 0.6 is 0 Å². The number of hydrogen-bond donors (Lipinski definition) is 0. The first-order chi connectivity index (χ1) is 8.72. The van der Waals surface area contributed by atoms with Gasteiger partial charge in [-0.15, -0.1) is 0 Å². The molecule has 4 heteroatoms. The minimum absolute atomic E-state index is 0.120. The van der Waals surface area contributed by atoms with Crippen LogP contribution in [0.3, 0.4) is 0 Å². The molecule has 0 saturated heterocycles. The van der Waals surface area contributed by atoms with E-state index in [1.807, 2.05) is 6.92 Å². The van der Waals surface area contributed by atoms with Crippen LogP contribution in [0.2, 0.25) is 0 Å². The number of carbonyl (C=O) groups is 1. The summed E-state index contributed by atoms with van der Waals surface area (Å²) >= 11 is 0. The largest absolute Gasteiger partial charge is 0.450 e. The number of halogens is 1. The second-order valence-electron chi connectivity index (χ2n) is 3.99. The van der Waals surface area contributed by atoms with Crippen molar-refractivity contribution in [2.75, 3.05) is 13.2 Å². The van der Waals surface area contributed by atoms with E-state index >= 15 is 0 Å². The van der Waals surface area contributed by atoms with Crippen LogP contribution in [0, 0.1) is 5.82 Å². The standard InChI is InChI=1S/C14H15FO3/c1-2-17-8-4-7-12(16)13-9-10-5-3-6-11(15)14(10)18-13/h3,5-6,9H,2,4,7-8H2,1H3. The van der Waals surface area contributed by atoms with Gasteiger partial charge in [0.05, 0.1) is 0 Å². The molecule has 3 nitrogen and oxygen atoms in total. The zero-order chi connectivity index (χ0) is 13.0. The first kappa shape index (κ1) is 12.8. The van der Waals surface area contributed by atoms with Crippen LogP contribution in [0.5, 0.6) is 0 Å². The molecule has 0 aliphatic heterocycles. The molecule has 0 radical (unpaired) electrons. The fourth-order valence-electron chi connectivity index (χ4n) is 1.77. The highest BCUT2D eigenvalue weighted by atomic mass is 19.1. The Labute approximate surface area is 105 Å². The first-order valence-electron chi connectivity index (χ1n) is 6.01. The maximum Gasteiger partial charge on any atom is 0.198 e. The zero-order valence-corrected chi connectivity index (χ0v) is 10.2. The van der Waals surface area contributed by atoms with Gasteiger partial charge in [-0.3, -0.25) is 4.79 Å². The second-order valence-corrected chi connectivity index (χ2v) is 3.99. The molecule has 0 atom stereocenters. The Morgan fingerprint density at radius 3 is 3.00 bits per heavy atom. The molecule has 0 saturated carbocycles. The van der Waals surface area contributed by atoms with Gasteiger partial charge >= 0.3 is 0 Å². The summed E-state index contributed by atoms with van der Waals surface area (Å²) in [6.45, 7) is 3.10. The van der Waals surface area contributed by atoms with Crippen molar-refractivity contribution < 1.29 is 18.3 Å². The third kappa shape index (κ3) is 2.76. The lowest BCUT2D eigenvalue weighted by Crippen LogP contribution is -2.00. The van der Waals surface area contributed by atoms with Gasteiger partial charge < -0.3 is 9.15 Å². The van der Waals surface area contributed by atoms with Crippen molar-refractivity contribution in [3.05, 3.63) is 35.8 Å². The number of fused-ring (bicyclic) bond motifs is 1. The smallest absolute Gasteiger partial charge is 0.198 e. The van der Waals surface area contributed by atoms with Crippen LogP contribution in [0.4, 0.5) is 4.39 Å². The monoisotopic (exact) mass is 250 g/mol. The molecule has 0 unspecified atom stereocenters. The molecule has 0 bridgehead atoms. The van der Waals surface area contributed by atoms with Gasteiger partial charge in [0.25, 0.3) is 0 Å². The van der Waals surface area contributed by atoms with Crippen LogP contribution in [0.1, 0.15) is 30.3 Å². The number of para-hydroxylation sites is 1. The lowest BCUT2D eigenvalue weighted by atomic mass is 10.1. The molecule has 2 aromatic rings. The number of hydrogen-bond acceptors (Lipinski definition) is 3. The number of ether oxygens (including phenoxy) is 1. The van der Waals surface area contributed by atoms with Gasteiger partial charge in [0.1, 0.15) is 0 Å². The zero-order valence-electron chi connectivity index (χ0n) is 10.2. The molecule has 96 valence electrons. The van der Waals surface area contributed by atoms with Crippen molar-refractivity contribution in [3.63, 3.8) is 0 Å². The molecule has 0 N–H and O–H groups in total. The van der Waals surface area contributed by atoms with E-state index in [4.69, 9.17) is 9.15 Å². The number of Topliss-reactive ketones (excluding diaryl/α,β-unsaturated/α-hetero) is 1. The fraction of sp³-hybridized carbons (Fsp3) is 0.357. The predicted molar refractivity (Wildman–Crippen MR) is 66.2 cm³/mol. The van der Waals surface area contributed by atoms with Gasteiger partial charge in [0.2, 0.25) is 0 Å². The minimum atomic E-state index is -0.444. The normalized spacial score (nSPS) is 11.0. The van der Waals surface area contributed by atoms with Crippen molar-refractivity contribution in [3.8, 4) is 0 Å². The van der Waals surface area contributed by atoms with Gasteiger partial charge in [0.15, 0.2) is 22.9 Å². The van der Waals surface area contributed by atoms with Gasteiger partial charge in [-0.05, 0) is 25.5 Å². The number of furan rings is 1. The molecule has 0 spiro atoms. The van der Waals surface area contributed by atoms with E-state index in [-0.39, 0.29) is 17.1 Å². The average Bonchev–Trinajstić information content (AvgIpc) is 2.80. The van der Waals surface area contributed by atoms with Crippen LogP contribution in [-0.2, 0) is 4.74 Å².